The van der Waals surface area contributed by atoms with Gasteiger partial charge in [-0.3, -0.25) is 0 Å². The summed E-state index contributed by atoms with van der Waals surface area (Å²) in [5.74, 6) is 0. The predicted molar refractivity (Wildman–Crippen MR) is 164 cm³/mol. The van der Waals surface area contributed by atoms with Crippen LogP contribution in [0.15, 0.2) is 128 Å². The van der Waals surface area contributed by atoms with Gasteiger partial charge in [-0.15, -0.1) is 71.8 Å². The second kappa shape index (κ2) is 19.4. The first-order valence-corrected chi connectivity index (χ1v) is 13.4. The Morgan fingerprint density at radius 1 is 0.732 bits per heavy atom. The van der Waals surface area contributed by atoms with Crippen molar-refractivity contribution < 1.29 is 30.3 Å². The van der Waals surface area contributed by atoms with Crippen LogP contribution in [0.3, 0.4) is 0 Å². The maximum absolute atomic E-state index is 9.61. The van der Waals surface area contributed by atoms with Crippen LogP contribution in [0.4, 0.5) is 0 Å². The smallest absolute Gasteiger partial charge is 0.0567 e. The van der Waals surface area contributed by atoms with Crippen molar-refractivity contribution in [3.63, 3.8) is 0 Å². The van der Waals surface area contributed by atoms with Crippen molar-refractivity contribution in [2.24, 2.45) is 0 Å². The van der Waals surface area contributed by atoms with E-state index in [0.29, 0.717) is 12.8 Å². The summed E-state index contributed by atoms with van der Waals surface area (Å²) < 4.78 is 0. The van der Waals surface area contributed by atoms with Gasteiger partial charge in [-0.1, -0.05) is 61.2 Å². The van der Waals surface area contributed by atoms with Gasteiger partial charge >= 0.3 is 0 Å². The molecule has 0 amide bonds. The first kappa shape index (κ1) is 33.5. The van der Waals surface area contributed by atoms with Crippen molar-refractivity contribution in [2.75, 3.05) is 0 Å². The van der Waals surface area contributed by atoms with E-state index in [0.717, 1.165) is 34.5 Å². The number of hydrogen-bond donors (Lipinski definition) is 2. The van der Waals surface area contributed by atoms with E-state index in [1.807, 2.05) is 115 Å². The quantitative estimate of drug-likeness (QED) is 0.163. The summed E-state index contributed by atoms with van der Waals surface area (Å²) in [5, 5.41) is 18.7. The molecular weight excluding hydrogens is 685 g/mol. The summed E-state index contributed by atoms with van der Waals surface area (Å²) in [6, 6.07) is 41.8. The van der Waals surface area contributed by atoms with E-state index in [1.54, 1.807) is 19.3 Å². The number of nitrogens with zero attached hydrogens (tertiary/aromatic N) is 2. The van der Waals surface area contributed by atoms with Crippen LogP contribution < -0.4 is 0 Å². The number of aromatic nitrogens is 2. The van der Waals surface area contributed by atoms with Crippen molar-refractivity contribution in [2.45, 2.75) is 38.4 Å². The Labute approximate surface area is 257 Å². The molecule has 0 saturated heterocycles. The Bertz CT molecular complexity index is 1200. The summed E-state index contributed by atoms with van der Waals surface area (Å²) in [7, 11) is 0. The molecule has 2 unspecified atom stereocenters. The largest absolute Gasteiger partial charge is 0.393 e. The minimum atomic E-state index is -0.432. The van der Waals surface area contributed by atoms with E-state index in [2.05, 4.69) is 28.7 Å². The van der Waals surface area contributed by atoms with Crippen molar-refractivity contribution in [3.05, 3.63) is 151 Å². The summed E-state index contributed by atoms with van der Waals surface area (Å²) in [6.45, 7) is 5.40. The fourth-order valence-electron chi connectivity index (χ4n) is 3.81. The molecule has 2 N–H and O–H groups in total. The summed E-state index contributed by atoms with van der Waals surface area (Å²) >= 11 is 0. The number of hydrogen-bond acceptors (Lipinski definition) is 4. The van der Waals surface area contributed by atoms with E-state index in [-0.39, 0.29) is 20.1 Å². The Morgan fingerprint density at radius 2 is 1.24 bits per heavy atom. The Balaban J connectivity index is 0.000000215. The van der Waals surface area contributed by atoms with E-state index < -0.39 is 12.2 Å². The molecule has 1 radical (unpaired) electrons. The van der Waals surface area contributed by atoms with Crippen LogP contribution in [0.2, 0.25) is 0 Å². The van der Waals surface area contributed by atoms with Gasteiger partial charge in [-0.25, -0.2) is 0 Å². The number of aryl methyl sites for hydroxylation is 1. The molecule has 213 valence electrons. The molecule has 2 heterocycles. The fraction of sp³-hybridized carbons (Fsp3) is 0.167. The number of benzene rings is 3. The first-order chi connectivity index (χ1) is 19.5. The van der Waals surface area contributed by atoms with Gasteiger partial charge in [0.05, 0.1) is 12.2 Å². The minimum Gasteiger partial charge on any atom is -0.393 e. The topological polar surface area (TPSA) is 66.2 Å². The second-order valence-corrected chi connectivity index (χ2v) is 9.21. The molecule has 0 fully saturated rings. The maximum Gasteiger partial charge on any atom is 0.0567 e. The second-order valence-electron chi connectivity index (χ2n) is 9.21. The van der Waals surface area contributed by atoms with E-state index in [9.17, 15) is 5.11 Å². The molecule has 0 aliphatic carbocycles. The van der Waals surface area contributed by atoms with Crippen molar-refractivity contribution >= 4 is 6.08 Å². The van der Waals surface area contributed by atoms with Crippen LogP contribution in [0.1, 0.15) is 30.9 Å². The number of pyridine rings is 2. The van der Waals surface area contributed by atoms with Gasteiger partial charge in [0.15, 0.2) is 0 Å². The van der Waals surface area contributed by atoms with Gasteiger partial charge in [-0.2, -0.15) is 0 Å². The van der Waals surface area contributed by atoms with Crippen molar-refractivity contribution in [1.29, 1.82) is 0 Å². The minimum absolute atomic E-state index is 0. The normalized spacial score (nSPS) is 11.3. The van der Waals surface area contributed by atoms with Crippen molar-refractivity contribution in [3.8, 4) is 22.5 Å². The molecule has 0 aliphatic rings. The third kappa shape index (κ3) is 13.0. The molecule has 4 nitrogen and oxygen atoms in total. The summed E-state index contributed by atoms with van der Waals surface area (Å²) in [5.41, 5.74) is 6.33. The monoisotopic (exact) mass is 721 g/mol. The molecule has 5 aromatic rings. The van der Waals surface area contributed by atoms with Gasteiger partial charge in [0.2, 0.25) is 0 Å². The van der Waals surface area contributed by atoms with E-state index in [4.69, 9.17) is 5.11 Å². The zero-order valence-corrected chi connectivity index (χ0v) is 25.6. The molecule has 0 saturated carbocycles. The molecule has 0 spiro atoms. The average molecular weight is 721 g/mol. The molecule has 5 rings (SSSR count). The Hall–Kier alpha value is -3.73. The van der Waals surface area contributed by atoms with Crippen molar-refractivity contribution in [1.82, 2.24) is 9.97 Å². The Kier molecular flexibility index (Phi) is 15.8. The maximum atomic E-state index is 9.61. The number of rotatable bonds is 8. The third-order valence-electron chi connectivity index (χ3n) is 5.89. The van der Waals surface area contributed by atoms with E-state index >= 15 is 0 Å². The van der Waals surface area contributed by atoms with Crippen LogP contribution in [0, 0.1) is 12.1 Å². The third-order valence-corrected chi connectivity index (χ3v) is 5.89. The molecule has 5 heteroatoms. The van der Waals surface area contributed by atoms with E-state index in [1.165, 1.54) is 5.56 Å². The van der Waals surface area contributed by atoms with Crippen LogP contribution in [-0.4, -0.2) is 32.4 Å². The van der Waals surface area contributed by atoms with Crippen LogP contribution in [0.25, 0.3) is 28.6 Å². The molecular formula is C36H36IrN2O2-2. The standard InChI is InChI=1S/C14H20O2.2C11H8N.Ir/c1-3-12-4-6-13(7-5-12)8-9-14(16)10-11(2)15;2*1-2-6-10(7-3-1)11-8-4-5-9-12-11;/h3-7,11,14-16H,1,8-10H2,2H3;2*1-6,8-9H;/q;2*-1;. The number of aliphatic hydroxyl groups is 2. The first-order valence-electron chi connectivity index (χ1n) is 13.4. The van der Waals surface area contributed by atoms with Gasteiger partial charge < -0.3 is 20.2 Å². The Morgan fingerprint density at radius 3 is 1.63 bits per heavy atom. The van der Waals surface area contributed by atoms with Gasteiger partial charge in [0.25, 0.3) is 0 Å². The predicted octanol–water partition coefficient (Wildman–Crippen LogP) is 7.49. The average Bonchev–Trinajstić information content (AvgIpc) is 3.02. The van der Waals surface area contributed by atoms with Crippen LogP contribution >= 0.6 is 0 Å². The molecule has 0 aliphatic heterocycles. The summed E-state index contributed by atoms with van der Waals surface area (Å²) in [4.78, 5) is 8.44. The zero-order valence-electron chi connectivity index (χ0n) is 23.2. The van der Waals surface area contributed by atoms with Gasteiger partial charge in [0, 0.05) is 32.5 Å². The van der Waals surface area contributed by atoms with Crippen LogP contribution in [0.5, 0.6) is 0 Å². The molecule has 3 aromatic carbocycles. The fourth-order valence-corrected chi connectivity index (χ4v) is 3.81. The number of aliphatic hydroxyl groups excluding tert-OH is 2. The zero-order chi connectivity index (χ0) is 28.4. The molecule has 41 heavy (non-hydrogen) atoms. The summed E-state index contributed by atoms with van der Waals surface area (Å²) in [6.07, 6.45) is 6.52. The SMILES string of the molecule is C=Cc1ccc(CCC(O)CC(C)O)cc1.[Ir].[c-]1ccccc1-c1ccccn1.[c-]1ccccc1-c1ccccn1. The molecule has 0 bridgehead atoms. The van der Waals surface area contributed by atoms with Gasteiger partial charge in [-0.05, 0) is 60.8 Å². The molecule has 2 atom stereocenters. The molecule has 2 aromatic heterocycles. The van der Waals surface area contributed by atoms with Gasteiger partial charge in [0.1, 0.15) is 0 Å². The van der Waals surface area contributed by atoms with Crippen LogP contribution in [-0.2, 0) is 26.5 Å².